The molecule has 4 bridgehead atoms. The monoisotopic (exact) mass is 396 g/mol. The van der Waals surface area contributed by atoms with Gasteiger partial charge in [-0.3, -0.25) is 5.10 Å². The number of nitrogens with one attached hydrogen (secondary N) is 3. The molecule has 0 aliphatic heterocycles. The summed E-state index contributed by atoms with van der Waals surface area (Å²) >= 11 is 1.61. The summed E-state index contributed by atoms with van der Waals surface area (Å²) in [6, 6.07) is 4.01. The van der Waals surface area contributed by atoms with E-state index >= 15 is 0 Å². The molecule has 4 aliphatic carbocycles. The van der Waals surface area contributed by atoms with Crippen molar-refractivity contribution < 1.29 is 5.11 Å². The van der Waals surface area contributed by atoms with Crippen LogP contribution in [-0.4, -0.2) is 36.9 Å². The van der Waals surface area contributed by atoms with E-state index in [1.165, 1.54) is 19.3 Å². The molecule has 8 heteroatoms. The highest BCUT2D eigenvalue weighted by Gasteiger charge is 2.56. The average Bonchev–Trinajstić information content (AvgIpc) is 3.26. The lowest BCUT2D eigenvalue weighted by atomic mass is 9.52. The van der Waals surface area contributed by atoms with Crippen LogP contribution in [0.3, 0.4) is 0 Å². The molecule has 4 aliphatic rings. The van der Waals surface area contributed by atoms with E-state index in [0.29, 0.717) is 23.7 Å². The Bertz CT molecular complexity index is 1030. The third-order valence-electron chi connectivity index (χ3n) is 6.81. The first kappa shape index (κ1) is 16.7. The predicted octanol–water partition coefficient (Wildman–Crippen LogP) is 3.82. The zero-order chi connectivity index (χ0) is 18.9. The third-order valence-corrected chi connectivity index (χ3v) is 7.72. The molecule has 4 N–H and O–H groups in total. The standard InChI is InChI=1S/C20H24N6OS/c1-10-4-15(26-25-10)22-18-16-14(2-3-28-16)21-19(24-18)23-17-13-6-11-5-12(7-13)9-20(17,27)8-11/h2-4,11-13,17,27H,5-9H2,1H3,(H3,21,22,23,24,25,26). The second kappa shape index (κ2) is 5.90. The van der Waals surface area contributed by atoms with Gasteiger partial charge in [-0.25, -0.2) is 4.98 Å². The summed E-state index contributed by atoms with van der Waals surface area (Å²) in [5.74, 6) is 3.99. The minimum Gasteiger partial charge on any atom is -0.388 e. The number of thiophene rings is 1. The van der Waals surface area contributed by atoms with E-state index in [1.54, 1.807) is 11.3 Å². The van der Waals surface area contributed by atoms with Gasteiger partial charge in [-0.1, -0.05) is 0 Å². The normalized spacial score (nSPS) is 33.5. The van der Waals surface area contributed by atoms with Crippen LogP contribution < -0.4 is 10.6 Å². The molecular weight excluding hydrogens is 372 g/mol. The number of hydrogen-bond donors (Lipinski definition) is 4. The van der Waals surface area contributed by atoms with Crippen molar-refractivity contribution in [1.82, 2.24) is 20.2 Å². The fraction of sp³-hybridized carbons (Fsp3) is 0.550. The Morgan fingerprint density at radius 3 is 2.75 bits per heavy atom. The molecule has 0 radical (unpaired) electrons. The van der Waals surface area contributed by atoms with Gasteiger partial charge in [0.05, 0.1) is 21.9 Å². The summed E-state index contributed by atoms with van der Waals surface area (Å²) in [6.07, 6.45) is 5.57. The zero-order valence-electron chi connectivity index (χ0n) is 15.8. The molecular formula is C20H24N6OS. The quantitative estimate of drug-likeness (QED) is 0.535. The number of rotatable bonds is 4. The van der Waals surface area contributed by atoms with Crippen LogP contribution in [0.25, 0.3) is 10.2 Å². The van der Waals surface area contributed by atoms with Crippen LogP contribution in [0.1, 0.15) is 37.8 Å². The Hall–Kier alpha value is -2.19. The first-order valence-corrected chi connectivity index (χ1v) is 11.0. The Morgan fingerprint density at radius 2 is 2.04 bits per heavy atom. The highest BCUT2D eigenvalue weighted by atomic mass is 32.1. The number of aryl methyl sites for hydroxylation is 1. The van der Waals surface area contributed by atoms with E-state index in [9.17, 15) is 5.11 Å². The van der Waals surface area contributed by atoms with Crippen molar-refractivity contribution in [3.05, 3.63) is 23.2 Å². The van der Waals surface area contributed by atoms with Crippen molar-refractivity contribution >= 4 is 39.1 Å². The summed E-state index contributed by atoms with van der Waals surface area (Å²) in [4.78, 5) is 9.51. The summed E-state index contributed by atoms with van der Waals surface area (Å²) in [7, 11) is 0. The van der Waals surface area contributed by atoms with E-state index in [2.05, 4.69) is 20.8 Å². The smallest absolute Gasteiger partial charge is 0.225 e. The van der Waals surface area contributed by atoms with Crippen LogP contribution in [0.5, 0.6) is 0 Å². The lowest BCUT2D eigenvalue weighted by Gasteiger charge is -2.58. The van der Waals surface area contributed by atoms with Crippen molar-refractivity contribution in [1.29, 1.82) is 0 Å². The van der Waals surface area contributed by atoms with Crippen LogP contribution in [0.2, 0.25) is 0 Å². The maximum Gasteiger partial charge on any atom is 0.225 e. The van der Waals surface area contributed by atoms with Gasteiger partial charge in [0.25, 0.3) is 0 Å². The van der Waals surface area contributed by atoms with E-state index in [1.807, 2.05) is 24.4 Å². The Labute approximate surface area is 167 Å². The Balaban J connectivity index is 1.34. The van der Waals surface area contributed by atoms with Crippen LogP contribution in [0.15, 0.2) is 17.5 Å². The van der Waals surface area contributed by atoms with Crippen LogP contribution in [0, 0.1) is 24.7 Å². The number of fused-ring (bicyclic) bond motifs is 1. The second-order valence-electron chi connectivity index (χ2n) is 8.93. The number of aromatic amines is 1. The van der Waals surface area contributed by atoms with E-state index in [0.717, 1.165) is 40.4 Å². The van der Waals surface area contributed by atoms with Gasteiger partial charge in [0.2, 0.25) is 5.95 Å². The fourth-order valence-electron chi connectivity index (χ4n) is 6.01. The lowest BCUT2D eigenvalue weighted by Crippen LogP contribution is -2.63. The first-order chi connectivity index (χ1) is 13.6. The molecule has 4 fully saturated rings. The highest BCUT2D eigenvalue weighted by Crippen LogP contribution is 2.56. The summed E-state index contributed by atoms with van der Waals surface area (Å²) < 4.78 is 1.01. The molecule has 3 heterocycles. The molecule has 0 spiro atoms. The molecule has 3 atom stereocenters. The van der Waals surface area contributed by atoms with Crippen molar-refractivity contribution in [2.45, 2.75) is 50.7 Å². The van der Waals surface area contributed by atoms with E-state index < -0.39 is 5.60 Å². The first-order valence-electron chi connectivity index (χ1n) is 10.1. The third kappa shape index (κ3) is 2.62. The van der Waals surface area contributed by atoms with Gasteiger partial charge in [-0.2, -0.15) is 10.1 Å². The molecule has 3 aromatic rings. The van der Waals surface area contributed by atoms with Crippen molar-refractivity contribution in [2.75, 3.05) is 10.6 Å². The van der Waals surface area contributed by atoms with Gasteiger partial charge in [0, 0.05) is 11.8 Å². The maximum atomic E-state index is 11.4. The largest absolute Gasteiger partial charge is 0.388 e. The average molecular weight is 397 g/mol. The van der Waals surface area contributed by atoms with Gasteiger partial charge in [0.1, 0.15) is 0 Å². The van der Waals surface area contributed by atoms with Crippen molar-refractivity contribution in [3.8, 4) is 0 Å². The summed E-state index contributed by atoms with van der Waals surface area (Å²) in [6.45, 7) is 1.97. The van der Waals surface area contributed by atoms with Crippen LogP contribution in [-0.2, 0) is 0 Å². The Morgan fingerprint density at radius 1 is 1.21 bits per heavy atom. The molecule has 0 aromatic carbocycles. The van der Waals surface area contributed by atoms with Gasteiger partial charge in [-0.15, -0.1) is 11.3 Å². The molecule has 0 saturated heterocycles. The van der Waals surface area contributed by atoms with Crippen LogP contribution >= 0.6 is 11.3 Å². The van der Waals surface area contributed by atoms with Crippen molar-refractivity contribution in [2.24, 2.45) is 17.8 Å². The summed E-state index contributed by atoms with van der Waals surface area (Å²) in [5, 5.41) is 27.5. The highest BCUT2D eigenvalue weighted by molar-refractivity contribution is 7.17. The molecule has 4 saturated carbocycles. The van der Waals surface area contributed by atoms with Crippen molar-refractivity contribution in [3.63, 3.8) is 0 Å². The number of H-pyrrole nitrogens is 1. The van der Waals surface area contributed by atoms with Gasteiger partial charge >= 0.3 is 0 Å². The van der Waals surface area contributed by atoms with Gasteiger partial charge in [0.15, 0.2) is 11.6 Å². The SMILES string of the molecule is Cc1cc(Nc2nc(NC3C4CC5CC(C4)CC3(O)C5)nc3ccsc23)n[nH]1. The number of aliphatic hydroxyl groups is 1. The van der Waals surface area contributed by atoms with Gasteiger partial charge in [-0.05, 0) is 68.2 Å². The van der Waals surface area contributed by atoms with Crippen LogP contribution in [0.4, 0.5) is 17.6 Å². The molecule has 3 aromatic heterocycles. The second-order valence-corrected chi connectivity index (χ2v) is 9.84. The predicted molar refractivity (Wildman–Crippen MR) is 110 cm³/mol. The molecule has 28 heavy (non-hydrogen) atoms. The maximum absolute atomic E-state index is 11.4. The van der Waals surface area contributed by atoms with Gasteiger partial charge < -0.3 is 15.7 Å². The molecule has 0 amide bonds. The minimum absolute atomic E-state index is 0.0388. The number of anilines is 3. The molecule has 7 rings (SSSR count). The molecule has 3 unspecified atom stereocenters. The minimum atomic E-state index is -0.616. The molecule has 7 nitrogen and oxygen atoms in total. The number of hydrogen-bond acceptors (Lipinski definition) is 7. The molecule has 146 valence electrons. The van der Waals surface area contributed by atoms with E-state index in [4.69, 9.17) is 9.97 Å². The van der Waals surface area contributed by atoms with E-state index in [-0.39, 0.29) is 6.04 Å². The summed E-state index contributed by atoms with van der Waals surface area (Å²) in [5.41, 5.74) is 1.29. The zero-order valence-corrected chi connectivity index (χ0v) is 16.6. The number of nitrogens with zero attached hydrogens (tertiary/aromatic N) is 3. The lowest BCUT2D eigenvalue weighted by molar-refractivity contribution is -0.134. The fourth-order valence-corrected chi connectivity index (χ4v) is 6.78. The topological polar surface area (TPSA) is 98.8 Å². The Kier molecular flexibility index (Phi) is 3.53. The number of aromatic nitrogens is 4.